The Morgan fingerprint density at radius 1 is 1.03 bits per heavy atom. The van der Waals surface area contributed by atoms with Gasteiger partial charge >= 0.3 is 0 Å². The number of carbonyl (C=O) groups excluding carboxylic acids is 2. The summed E-state index contributed by atoms with van der Waals surface area (Å²) < 4.78 is 5.39. The van der Waals surface area contributed by atoms with Crippen LogP contribution in [0.5, 0.6) is 0 Å². The summed E-state index contributed by atoms with van der Waals surface area (Å²) in [5, 5.41) is 0. The van der Waals surface area contributed by atoms with Crippen LogP contribution in [0.15, 0.2) is 76.2 Å². The maximum atomic E-state index is 13.3. The number of benzene rings is 2. The van der Waals surface area contributed by atoms with Gasteiger partial charge in [0.25, 0.3) is 11.8 Å². The molecule has 0 N–H and O–H groups in total. The van der Waals surface area contributed by atoms with Gasteiger partial charge in [-0.05, 0) is 62.1 Å². The highest BCUT2D eigenvalue weighted by molar-refractivity contribution is 7.98. The third kappa shape index (κ3) is 5.22. The molecule has 1 atom stereocenters. The van der Waals surface area contributed by atoms with Crippen molar-refractivity contribution in [3.63, 3.8) is 0 Å². The SMILES string of the molecule is CSc1ccccc1C(=O)N1CCC(C(Cc2ccccc2)N(C)C(=O)c2ccoc2C)CC1. The van der Waals surface area contributed by atoms with Gasteiger partial charge in [-0.2, -0.15) is 0 Å². The van der Waals surface area contributed by atoms with Crippen molar-refractivity contribution in [1.82, 2.24) is 9.80 Å². The maximum Gasteiger partial charge on any atom is 0.257 e. The van der Waals surface area contributed by atoms with E-state index in [-0.39, 0.29) is 17.9 Å². The fourth-order valence-corrected chi connectivity index (χ4v) is 5.49. The lowest BCUT2D eigenvalue weighted by molar-refractivity contribution is 0.0520. The topological polar surface area (TPSA) is 53.8 Å². The maximum absolute atomic E-state index is 13.3. The van der Waals surface area contributed by atoms with Crippen LogP contribution in [0.2, 0.25) is 0 Å². The van der Waals surface area contributed by atoms with E-state index in [4.69, 9.17) is 4.42 Å². The van der Waals surface area contributed by atoms with Crippen molar-refractivity contribution >= 4 is 23.6 Å². The summed E-state index contributed by atoms with van der Waals surface area (Å²) in [5.41, 5.74) is 2.60. The second-order valence-electron chi connectivity index (χ2n) is 8.89. The van der Waals surface area contributed by atoms with Gasteiger partial charge in [0.15, 0.2) is 0 Å². The van der Waals surface area contributed by atoms with Crippen molar-refractivity contribution in [2.24, 2.45) is 5.92 Å². The number of nitrogens with zero attached hydrogens (tertiary/aromatic N) is 2. The first-order valence-electron chi connectivity index (χ1n) is 11.8. The summed E-state index contributed by atoms with van der Waals surface area (Å²) in [4.78, 5) is 31.4. The summed E-state index contributed by atoms with van der Waals surface area (Å²) in [6, 6.07) is 19.9. The Balaban J connectivity index is 1.50. The number of likely N-dealkylation sites (tertiary alicyclic amines) is 1. The molecule has 0 spiro atoms. The molecule has 2 amide bonds. The zero-order valence-corrected chi connectivity index (χ0v) is 20.9. The lowest BCUT2D eigenvalue weighted by Crippen LogP contribution is -2.48. The van der Waals surface area contributed by atoms with Crippen molar-refractivity contribution in [1.29, 1.82) is 0 Å². The minimum atomic E-state index is -0.0143. The van der Waals surface area contributed by atoms with Crippen molar-refractivity contribution in [3.8, 4) is 0 Å². The summed E-state index contributed by atoms with van der Waals surface area (Å²) in [5.74, 6) is 1.03. The Kier molecular flexibility index (Phi) is 7.78. The van der Waals surface area contributed by atoms with Crippen LogP contribution in [0.4, 0.5) is 0 Å². The van der Waals surface area contributed by atoms with E-state index >= 15 is 0 Å². The fourth-order valence-electron chi connectivity index (χ4n) is 4.90. The molecular weight excluding hydrogens is 444 g/mol. The van der Waals surface area contributed by atoms with Crippen LogP contribution in [-0.2, 0) is 6.42 Å². The van der Waals surface area contributed by atoms with Gasteiger partial charge in [0, 0.05) is 31.1 Å². The van der Waals surface area contributed by atoms with E-state index in [2.05, 4.69) is 12.1 Å². The van der Waals surface area contributed by atoms with E-state index in [0.717, 1.165) is 29.7 Å². The van der Waals surface area contributed by atoms with Crippen molar-refractivity contribution < 1.29 is 14.0 Å². The summed E-state index contributed by atoms with van der Waals surface area (Å²) in [6.07, 6.45) is 6.09. The number of rotatable bonds is 7. The standard InChI is InChI=1S/C28H32N2O3S/c1-20-23(15-18-33-20)27(31)29(2)25(19-21-9-5-4-6-10-21)22-13-16-30(17-14-22)28(32)24-11-7-8-12-26(24)34-3/h4-12,15,18,22,25H,13-14,16-17,19H2,1-3H3. The second kappa shape index (κ2) is 11.0. The molecule has 5 nitrogen and oxygen atoms in total. The molecule has 1 fully saturated rings. The predicted molar refractivity (Wildman–Crippen MR) is 136 cm³/mol. The van der Waals surface area contributed by atoms with Crippen LogP contribution in [-0.4, -0.2) is 54.0 Å². The molecule has 6 heteroatoms. The van der Waals surface area contributed by atoms with E-state index in [1.807, 2.05) is 72.5 Å². The number of aryl methyl sites for hydroxylation is 1. The van der Waals surface area contributed by atoms with Crippen LogP contribution >= 0.6 is 11.8 Å². The first-order valence-corrected chi connectivity index (χ1v) is 13.0. The van der Waals surface area contributed by atoms with Gasteiger partial charge in [0.2, 0.25) is 0 Å². The van der Waals surface area contributed by atoms with Gasteiger partial charge in [-0.15, -0.1) is 11.8 Å². The van der Waals surface area contributed by atoms with E-state index < -0.39 is 0 Å². The number of furan rings is 1. The van der Waals surface area contributed by atoms with E-state index in [0.29, 0.717) is 30.3 Å². The Hall–Kier alpha value is -2.99. The molecule has 1 aliphatic rings. The third-order valence-electron chi connectivity index (χ3n) is 6.90. The predicted octanol–water partition coefficient (Wildman–Crippen LogP) is 5.55. The second-order valence-corrected chi connectivity index (χ2v) is 9.74. The number of amides is 2. The van der Waals surface area contributed by atoms with E-state index in [1.165, 1.54) is 5.56 Å². The molecule has 34 heavy (non-hydrogen) atoms. The largest absolute Gasteiger partial charge is 0.469 e. The Morgan fingerprint density at radius 3 is 2.35 bits per heavy atom. The highest BCUT2D eigenvalue weighted by atomic mass is 32.2. The van der Waals surface area contributed by atoms with Gasteiger partial charge in [-0.3, -0.25) is 9.59 Å². The average molecular weight is 477 g/mol. The van der Waals surface area contributed by atoms with Gasteiger partial charge < -0.3 is 14.2 Å². The molecule has 0 bridgehead atoms. The van der Waals surface area contributed by atoms with E-state index in [9.17, 15) is 9.59 Å². The number of likely N-dealkylation sites (N-methyl/N-ethyl adjacent to an activating group) is 1. The molecule has 1 unspecified atom stereocenters. The van der Waals surface area contributed by atoms with Crippen molar-refractivity contribution in [3.05, 3.63) is 89.4 Å². The Bertz CT molecular complexity index is 1120. The van der Waals surface area contributed by atoms with Crippen molar-refractivity contribution in [2.75, 3.05) is 26.4 Å². The number of thioether (sulfide) groups is 1. The van der Waals surface area contributed by atoms with Gasteiger partial charge in [-0.1, -0.05) is 42.5 Å². The fraction of sp³-hybridized carbons (Fsp3) is 0.357. The van der Waals surface area contributed by atoms with Crippen molar-refractivity contribution in [2.45, 2.75) is 37.1 Å². The monoisotopic (exact) mass is 476 g/mol. The third-order valence-corrected chi connectivity index (χ3v) is 7.70. The van der Waals surface area contributed by atoms with Crippen LogP contribution in [0.25, 0.3) is 0 Å². The molecule has 1 aromatic heterocycles. The summed E-state index contributed by atoms with van der Waals surface area (Å²) in [7, 11) is 1.90. The molecule has 178 valence electrons. The molecule has 0 radical (unpaired) electrons. The van der Waals surface area contributed by atoms with Gasteiger partial charge in [0.05, 0.1) is 17.4 Å². The first-order chi connectivity index (χ1) is 16.5. The summed E-state index contributed by atoms with van der Waals surface area (Å²) >= 11 is 1.60. The molecule has 2 heterocycles. The minimum absolute atomic E-state index is 0.0143. The number of hydrogen-bond acceptors (Lipinski definition) is 4. The highest BCUT2D eigenvalue weighted by Crippen LogP contribution is 2.30. The molecule has 2 aromatic carbocycles. The smallest absolute Gasteiger partial charge is 0.257 e. The van der Waals surface area contributed by atoms with Crippen LogP contribution in [0.3, 0.4) is 0 Å². The number of hydrogen-bond donors (Lipinski definition) is 0. The molecule has 0 saturated carbocycles. The highest BCUT2D eigenvalue weighted by Gasteiger charge is 2.34. The lowest BCUT2D eigenvalue weighted by Gasteiger charge is -2.40. The molecule has 3 aromatic rings. The van der Waals surface area contributed by atoms with Gasteiger partial charge in [0.1, 0.15) is 5.76 Å². The zero-order chi connectivity index (χ0) is 24.1. The van der Waals surface area contributed by atoms with Crippen LogP contribution in [0, 0.1) is 12.8 Å². The summed E-state index contributed by atoms with van der Waals surface area (Å²) in [6.45, 7) is 3.22. The normalized spacial score (nSPS) is 15.2. The zero-order valence-electron chi connectivity index (χ0n) is 20.1. The number of piperidine rings is 1. The Morgan fingerprint density at radius 2 is 1.71 bits per heavy atom. The minimum Gasteiger partial charge on any atom is -0.469 e. The molecule has 4 rings (SSSR count). The molecule has 0 aliphatic carbocycles. The quantitative estimate of drug-likeness (QED) is 0.420. The lowest BCUT2D eigenvalue weighted by atomic mass is 9.84. The molecule has 1 aliphatic heterocycles. The molecular formula is C28H32N2O3S. The first kappa shape index (κ1) is 24.1. The van der Waals surface area contributed by atoms with Gasteiger partial charge in [-0.25, -0.2) is 0 Å². The van der Waals surface area contributed by atoms with Crippen LogP contribution < -0.4 is 0 Å². The average Bonchev–Trinajstić information content (AvgIpc) is 3.32. The number of carbonyl (C=O) groups is 2. The Labute approximate surface area is 206 Å². The van der Waals surface area contributed by atoms with Crippen LogP contribution in [0.1, 0.15) is 44.9 Å². The van der Waals surface area contributed by atoms with E-state index in [1.54, 1.807) is 24.1 Å². The molecule has 1 saturated heterocycles.